The number of esters is 1. The van der Waals surface area contributed by atoms with E-state index in [2.05, 4.69) is 14.7 Å². The number of hydrogen-bond acceptors (Lipinski definition) is 5. The Labute approximate surface area is 121 Å². The van der Waals surface area contributed by atoms with E-state index < -0.39 is 23.3 Å². The van der Waals surface area contributed by atoms with Crippen LogP contribution in [0.2, 0.25) is 5.15 Å². The van der Waals surface area contributed by atoms with Crippen molar-refractivity contribution < 1.29 is 27.2 Å². The predicted molar refractivity (Wildman–Crippen MR) is 64.6 cm³/mol. The maximum Gasteiger partial charge on any atom is 0.417 e. The van der Waals surface area contributed by atoms with Crippen LogP contribution in [0.1, 0.15) is 27.2 Å². The van der Waals surface area contributed by atoms with Gasteiger partial charge >= 0.3 is 12.1 Å². The maximum absolute atomic E-state index is 12.6. The highest BCUT2D eigenvalue weighted by atomic mass is 35.5. The van der Waals surface area contributed by atoms with E-state index in [1.165, 1.54) is 6.26 Å². The number of halogens is 4. The predicted octanol–water partition coefficient (Wildman–Crippen LogP) is 3.41. The second kappa shape index (κ2) is 5.72. The zero-order valence-electron chi connectivity index (χ0n) is 10.6. The molecular formula is C12H8ClF3N2O3. The lowest BCUT2D eigenvalue weighted by molar-refractivity contribution is -0.137. The average molecular weight is 321 g/mol. The molecule has 0 aliphatic rings. The number of carbonyl (C=O) groups is 1. The first-order valence-electron chi connectivity index (χ1n) is 5.58. The van der Waals surface area contributed by atoms with E-state index in [9.17, 15) is 18.0 Å². The Morgan fingerprint density at radius 2 is 2.19 bits per heavy atom. The first kappa shape index (κ1) is 15.3. The molecule has 0 aliphatic heterocycles. The number of ether oxygens (including phenoxy) is 1. The van der Waals surface area contributed by atoms with Crippen molar-refractivity contribution in [3.05, 3.63) is 46.1 Å². The smallest absolute Gasteiger partial charge is 0.417 e. The fraction of sp³-hybridized carbons (Fsp3) is 0.250. The molecule has 0 saturated heterocycles. The molecule has 0 aromatic carbocycles. The van der Waals surface area contributed by atoms with E-state index in [0.717, 1.165) is 0 Å². The van der Waals surface area contributed by atoms with E-state index in [-0.39, 0.29) is 11.8 Å². The molecule has 0 radical (unpaired) electrons. The third-order valence-electron chi connectivity index (χ3n) is 2.57. The summed E-state index contributed by atoms with van der Waals surface area (Å²) in [5.41, 5.74) is -0.542. The van der Waals surface area contributed by atoms with E-state index in [0.29, 0.717) is 23.5 Å². The lowest BCUT2D eigenvalue weighted by Crippen LogP contribution is -2.12. The molecule has 2 aromatic rings. The Bertz CT molecular complexity index is 670. The van der Waals surface area contributed by atoms with Crippen molar-refractivity contribution in [3.8, 4) is 0 Å². The average Bonchev–Trinajstić information content (AvgIpc) is 2.80. The molecular weight excluding hydrogens is 313 g/mol. The van der Waals surface area contributed by atoms with Crippen molar-refractivity contribution >= 4 is 17.6 Å². The Balaban J connectivity index is 2.17. The van der Waals surface area contributed by atoms with Gasteiger partial charge in [-0.3, -0.25) is 0 Å². The number of carbonyl (C=O) groups excluding carboxylic acids is 1. The SMILES string of the molecule is Cc1conc1COC(=O)c1cc(C(F)(F)F)cnc1Cl. The van der Waals surface area contributed by atoms with Gasteiger partial charge in [-0.15, -0.1) is 0 Å². The van der Waals surface area contributed by atoms with Crippen LogP contribution in [0.3, 0.4) is 0 Å². The fourth-order valence-corrected chi connectivity index (χ4v) is 1.59. The highest BCUT2D eigenvalue weighted by Crippen LogP contribution is 2.30. The topological polar surface area (TPSA) is 65.2 Å². The summed E-state index contributed by atoms with van der Waals surface area (Å²) in [6.07, 6.45) is -2.74. The van der Waals surface area contributed by atoms with Gasteiger partial charge in [0.25, 0.3) is 0 Å². The number of alkyl halides is 3. The summed E-state index contributed by atoms with van der Waals surface area (Å²) >= 11 is 5.62. The molecule has 0 bridgehead atoms. The van der Waals surface area contributed by atoms with Crippen molar-refractivity contribution in [2.45, 2.75) is 19.7 Å². The lowest BCUT2D eigenvalue weighted by atomic mass is 10.2. The van der Waals surface area contributed by atoms with Gasteiger partial charge in [0.1, 0.15) is 23.7 Å². The third-order valence-corrected chi connectivity index (χ3v) is 2.88. The molecule has 0 unspecified atom stereocenters. The Kier molecular flexibility index (Phi) is 4.17. The minimum absolute atomic E-state index is 0.242. The van der Waals surface area contributed by atoms with Crippen molar-refractivity contribution in [1.82, 2.24) is 10.1 Å². The van der Waals surface area contributed by atoms with Crippen molar-refractivity contribution in [2.24, 2.45) is 0 Å². The van der Waals surface area contributed by atoms with E-state index >= 15 is 0 Å². The largest absolute Gasteiger partial charge is 0.455 e. The zero-order chi connectivity index (χ0) is 15.6. The van der Waals surface area contributed by atoms with E-state index in [1.54, 1.807) is 6.92 Å². The molecule has 2 heterocycles. The molecule has 5 nitrogen and oxygen atoms in total. The van der Waals surface area contributed by atoms with Crippen molar-refractivity contribution in [2.75, 3.05) is 0 Å². The zero-order valence-corrected chi connectivity index (χ0v) is 11.3. The molecule has 2 aromatic heterocycles. The van der Waals surface area contributed by atoms with Crippen LogP contribution in [0.15, 0.2) is 23.0 Å². The molecule has 9 heteroatoms. The highest BCUT2D eigenvalue weighted by molar-refractivity contribution is 6.32. The van der Waals surface area contributed by atoms with Gasteiger partial charge in [-0.05, 0) is 13.0 Å². The van der Waals surface area contributed by atoms with Crippen LogP contribution in [-0.4, -0.2) is 16.1 Å². The number of rotatable bonds is 3. The summed E-state index contributed by atoms with van der Waals surface area (Å²) in [5.74, 6) is -1.03. The van der Waals surface area contributed by atoms with Gasteiger partial charge in [0.05, 0.1) is 11.1 Å². The van der Waals surface area contributed by atoms with Gasteiger partial charge in [-0.1, -0.05) is 16.8 Å². The van der Waals surface area contributed by atoms with Gasteiger partial charge in [-0.25, -0.2) is 9.78 Å². The van der Waals surface area contributed by atoms with Crippen LogP contribution in [0.5, 0.6) is 0 Å². The van der Waals surface area contributed by atoms with E-state index in [4.69, 9.17) is 16.3 Å². The van der Waals surface area contributed by atoms with Crippen LogP contribution in [0.4, 0.5) is 13.2 Å². The van der Waals surface area contributed by atoms with Crippen LogP contribution in [-0.2, 0) is 17.5 Å². The number of aryl methyl sites for hydroxylation is 1. The molecule has 0 spiro atoms. The molecule has 112 valence electrons. The highest BCUT2D eigenvalue weighted by Gasteiger charge is 2.32. The first-order valence-corrected chi connectivity index (χ1v) is 5.96. The third kappa shape index (κ3) is 3.52. The molecule has 2 rings (SSSR count). The van der Waals surface area contributed by atoms with Gasteiger partial charge < -0.3 is 9.26 Å². The molecule has 0 N–H and O–H groups in total. The number of pyridine rings is 1. The molecule has 0 atom stereocenters. The Hall–Kier alpha value is -2.09. The van der Waals surface area contributed by atoms with Crippen LogP contribution in [0.25, 0.3) is 0 Å². The second-order valence-corrected chi connectivity index (χ2v) is 4.44. The first-order chi connectivity index (χ1) is 9.79. The summed E-state index contributed by atoms with van der Waals surface area (Å²) in [5, 5.41) is 3.21. The second-order valence-electron chi connectivity index (χ2n) is 4.08. The summed E-state index contributed by atoms with van der Waals surface area (Å²) < 4.78 is 47.2. The molecule has 0 saturated carbocycles. The number of nitrogens with zero attached hydrogens (tertiary/aromatic N) is 2. The summed E-state index contributed by atoms with van der Waals surface area (Å²) in [7, 11) is 0. The molecule has 0 fully saturated rings. The minimum Gasteiger partial charge on any atom is -0.455 e. The Morgan fingerprint density at radius 1 is 1.48 bits per heavy atom. The van der Waals surface area contributed by atoms with Crippen molar-refractivity contribution in [3.63, 3.8) is 0 Å². The number of aromatic nitrogens is 2. The van der Waals surface area contributed by atoms with Gasteiger partial charge in [0, 0.05) is 11.8 Å². The quantitative estimate of drug-likeness (QED) is 0.640. The monoisotopic (exact) mass is 320 g/mol. The van der Waals surface area contributed by atoms with E-state index in [1.807, 2.05) is 0 Å². The summed E-state index contributed by atoms with van der Waals surface area (Å²) in [4.78, 5) is 15.1. The lowest BCUT2D eigenvalue weighted by Gasteiger charge is -2.09. The molecule has 0 amide bonds. The summed E-state index contributed by atoms with van der Waals surface area (Å²) in [6, 6.07) is 0.591. The Morgan fingerprint density at radius 3 is 2.76 bits per heavy atom. The normalized spacial score (nSPS) is 11.5. The molecule has 0 aliphatic carbocycles. The number of hydrogen-bond donors (Lipinski definition) is 0. The van der Waals surface area contributed by atoms with Crippen molar-refractivity contribution in [1.29, 1.82) is 0 Å². The standard InChI is InChI=1S/C12H8ClF3N2O3/c1-6-4-21-18-9(6)5-20-11(19)8-2-7(12(14,15)16)3-17-10(8)13/h2-4H,5H2,1H3. The van der Waals surface area contributed by atoms with Crippen LogP contribution >= 0.6 is 11.6 Å². The van der Waals surface area contributed by atoms with Crippen LogP contribution in [0, 0.1) is 6.92 Å². The van der Waals surface area contributed by atoms with Gasteiger partial charge in [-0.2, -0.15) is 13.2 Å². The van der Waals surface area contributed by atoms with Crippen LogP contribution < -0.4 is 0 Å². The van der Waals surface area contributed by atoms with Gasteiger partial charge in [0.2, 0.25) is 0 Å². The minimum atomic E-state index is -4.63. The summed E-state index contributed by atoms with van der Waals surface area (Å²) in [6.45, 7) is 1.44. The van der Waals surface area contributed by atoms with Gasteiger partial charge in [0.15, 0.2) is 0 Å². The molecule has 21 heavy (non-hydrogen) atoms. The fourth-order valence-electron chi connectivity index (χ4n) is 1.41. The maximum atomic E-state index is 12.6.